The van der Waals surface area contributed by atoms with Gasteiger partial charge in [0.1, 0.15) is 11.1 Å². The monoisotopic (exact) mass is 231 g/mol. The van der Waals surface area contributed by atoms with Gasteiger partial charge < -0.3 is 5.73 Å². The fourth-order valence-electron chi connectivity index (χ4n) is 1.63. The van der Waals surface area contributed by atoms with E-state index in [-0.39, 0.29) is 28.8 Å². The Morgan fingerprint density at radius 3 is 2.65 bits per heavy atom. The lowest BCUT2D eigenvalue weighted by Gasteiger charge is -2.02. The maximum absolute atomic E-state index is 11.8. The molecule has 1 aromatic carbocycles. The minimum atomic E-state index is -0.664. The van der Waals surface area contributed by atoms with Crippen LogP contribution in [0.2, 0.25) is 0 Å². The van der Waals surface area contributed by atoms with E-state index in [4.69, 9.17) is 5.73 Å². The van der Waals surface area contributed by atoms with Gasteiger partial charge in [-0.3, -0.25) is 9.59 Å². The van der Waals surface area contributed by atoms with Gasteiger partial charge in [-0.05, 0) is 19.1 Å². The maximum Gasteiger partial charge on any atom is 0.368 e. The van der Waals surface area contributed by atoms with Gasteiger partial charge in [-0.2, -0.15) is 9.98 Å². The number of nitrogens with two attached hydrogens (primary N) is 1. The summed E-state index contributed by atoms with van der Waals surface area (Å²) in [5, 5.41) is 0.484. The van der Waals surface area contributed by atoms with Crippen LogP contribution in [0.1, 0.15) is 23.7 Å². The van der Waals surface area contributed by atoms with Gasteiger partial charge in [0, 0.05) is 5.69 Å². The zero-order chi connectivity index (χ0) is 12.6. The zero-order valence-corrected chi connectivity index (χ0v) is 9.06. The van der Waals surface area contributed by atoms with Gasteiger partial charge in [0.25, 0.3) is 0 Å². The highest BCUT2D eigenvalue weighted by atomic mass is 16.2. The standard InChI is InChI=1S/C11H9N3O3/c1-5(15)4-8(16)9-6(12)2-3-7-10(9)14-11(17)13-7/h2-3H,4,12H2,1H3. The first-order valence-electron chi connectivity index (χ1n) is 4.91. The van der Waals surface area contributed by atoms with Crippen molar-refractivity contribution in [1.29, 1.82) is 0 Å². The molecule has 2 amide bonds. The van der Waals surface area contributed by atoms with E-state index in [9.17, 15) is 14.4 Å². The van der Waals surface area contributed by atoms with Crippen LogP contribution in [-0.2, 0) is 4.79 Å². The van der Waals surface area contributed by atoms with Crippen LogP contribution in [0.5, 0.6) is 0 Å². The zero-order valence-electron chi connectivity index (χ0n) is 9.06. The Balaban J connectivity index is 2.65. The third-order valence-corrected chi connectivity index (χ3v) is 2.30. The predicted molar refractivity (Wildman–Crippen MR) is 58.2 cm³/mol. The Hall–Kier alpha value is -2.37. The molecule has 0 saturated heterocycles. The van der Waals surface area contributed by atoms with Gasteiger partial charge in [0.2, 0.25) is 0 Å². The summed E-state index contributed by atoms with van der Waals surface area (Å²) in [6.45, 7) is 1.31. The van der Waals surface area contributed by atoms with Gasteiger partial charge >= 0.3 is 6.03 Å². The lowest BCUT2D eigenvalue weighted by molar-refractivity contribution is -0.116. The van der Waals surface area contributed by atoms with Crippen molar-refractivity contribution in [2.75, 3.05) is 5.73 Å². The van der Waals surface area contributed by atoms with Crippen molar-refractivity contribution < 1.29 is 14.4 Å². The number of fused-ring (bicyclic) bond motifs is 1. The smallest absolute Gasteiger partial charge is 0.368 e. The van der Waals surface area contributed by atoms with E-state index in [0.29, 0.717) is 5.36 Å². The number of nitrogen functional groups attached to an aromatic ring is 1. The number of hydrogen-bond donors (Lipinski definition) is 1. The van der Waals surface area contributed by atoms with Gasteiger partial charge in [0.05, 0.1) is 17.3 Å². The number of anilines is 1. The van der Waals surface area contributed by atoms with Gasteiger partial charge in [-0.1, -0.05) is 0 Å². The van der Waals surface area contributed by atoms with E-state index in [0.717, 1.165) is 0 Å². The number of urea groups is 1. The molecule has 0 unspecified atom stereocenters. The number of Topliss-reactive ketones (excluding diaryl/α,β-unsaturated/α-hetero) is 2. The third kappa shape index (κ3) is 1.96. The largest absolute Gasteiger partial charge is 0.398 e. The predicted octanol–water partition coefficient (Wildman–Crippen LogP) is -0.197. The number of carbonyl (C=O) groups is 3. The summed E-state index contributed by atoms with van der Waals surface area (Å²) in [4.78, 5) is 41.0. The van der Waals surface area contributed by atoms with Crippen molar-refractivity contribution >= 4 is 23.3 Å². The summed E-state index contributed by atoms with van der Waals surface area (Å²) in [5.74, 6) is -0.714. The summed E-state index contributed by atoms with van der Waals surface area (Å²) < 4.78 is 0. The molecule has 17 heavy (non-hydrogen) atoms. The van der Waals surface area contributed by atoms with E-state index in [1.165, 1.54) is 19.1 Å². The lowest BCUT2D eigenvalue weighted by atomic mass is 10.0. The molecule has 0 bridgehead atoms. The van der Waals surface area contributed by atoms with E-state index < -0.39 is 11.8 Å². The Morgan fingerprint density at radius 1 is 1.29 bits per heavy atom. The van der Waals surface area contributed by atoms with E-state index in [2.05, 4.69) is 9.98 Å². The second-order valence-electron chi connectivity index (χ2n) is 3.71. The van der Waals surface area contributed by atoms with Crippen LogP contribution in [0.3, 0.4) is 0 Å². The second-order valence-corrected chi connectivity index (χ2v) is 3.71. The Bertz CT molecular complexity index is 661. The molecule has 1 aliphatic rings. The van der Waals surface area contributed by atoms with E-state index in [1.54, 1.807) is 0 Å². The number of amides is 2. The number of carbonyl (C=O) groups excluding carboxylic acids is 3. The first kappa shape index (κ1) is 11.1. The molecular formula is C11H9N3O3. The minimum absolute atomic E-state index is 0.104. The van der Waals surface area contributed by atoms with Gasteiger partial charge in [0.15, 0.2) is 5.78 Å². The average Bonchev–Trinajstić information content (AvgIpc) is 2.56. The molecule has 6 heteroatoms. The highest BCUT2D eigenvalue weighted by molar-refractivity contribution is 6.10. The molecule has 0 atom stereocenters. The molecule has 6 nitrogen and oxygen atoms in total. The summed E-state index contributed by atoms with van der Waals surface area (Å²) in [5.41, 5.74) is 5.97. The fourth-order valence-corrected chi connectivity index (χ4v) is 1.63. The fraction of sp³-hybridized carbons (Fsp3) is 0.182. The van der Waals surface area contributed by atoms with E-state index >= 15 is 0 Å². The number of rotatable bonds is 3. The van der Waals surface area contributed by atoms with Crippen molar-refractivity contribution in [1.82, 2.24) is 0 Å². The quantitative estimate of drug-likeness (QED) is 0.442. The third-order valence-electron chi connectivity index (χ3n) is 2.30. The van der Waals surface area contributed by atoms with Crippen molar-refractivity contribution in [2.24, 2.45) is 9.98 Å². The summed E-state index contributed by atoms with van der Waals surface area (Å²) >= 11 is 0. The molecule has 1 heterocycles. The number of nitrogens with zero attached hydrogens (tertiary/aromatic N) is 2. The summed E-state index contributed by atoms with van der Waals surface area (Å²) in [7, 11) is 0. The van der Waals surface area contributed by atoms with E-state index in [1.807, 2.05) is 0 Å². The van der Waals surface area contributed by atoms with Crippen LogP contribution >= 0.6 is 0 Å². The van der Waals surface area contributed by atoms with Crippen LogP contribution in [0.4, 0.5) is 10.5 Å². The normalized spacial score (nSPS) is 12.6. The molecule has 0 aromatic heterocycles. The molecular weight excluding hydrogens is 222 g/mol. The molecule has 2 rings (SSSR count). The summed E-state index contributed by atoms with van der Waals surface area (Å²) in [6.07, 6.45) is -0.260. The molecule has 0 aliphatic carbocycles. The Morgan fingerprint density at radius 2 is 2.00 bits per heavy atom. The SMILES string of the molecule is CC(=O)CC(=O)c1c(N)ccc2c1=NC(=O)N=2. The molecule has 0 saturated carbocycles. The Labute approximate surface area is 95.9 Å². The highest BCUT2D eigenvalue weighted by Gasteiger charge is 2.18. The molecule has 86 valence electrons. The number of benzene rings is 1. The van der Waals surface area contributed by atoms with Crippen LogP contribution < -0.4 is 16.4 Å². The van der Waals surface area contributed by atoms with Gasteiger partial charge in [-0.25, -0.2) is 4.79 Å². The van der Waals surface area contributed by atoms with Crippen LogP contribution in [0.25, 0.3) is 0 Å². The van der Waals surface area contributed by atoms with Crippen molar-refractivity contribution in [3.8, 4) is 0 Å². The molecule has 0 spiro atoms. The van der Waals surface area contributed by atoms with Crippen LogP contribution in [0.15, 0.2) is 22.1 Å². The van der Waals surface area contributed by atoms with Crippen LogP contribution in [0, 0.1) is 0 Å². The average molecular weight is 231 g/mol. The molecule has 2 N–H and O–H groups in total. The van der Waals surface area contributed by atoms with Gasteiger partial charge in [-0.15, -0.1) is 0 Å². The summed E-state index contributed by atoms with van der Waals surface area (Å²) in [6, 6.07) is 2.33. The lowest BCUT2D eigenvalue weighted by Crippen LogP contribution is -2.30. The molecule has 1 aromatic rings. The highest BCUT2D eigenvalue weighted by Crippen LogP contribution is 2.08. The van der Waals surface area contributed by atoms with Crippen molar-refractivity contribution in [3.63, 3.8) is 0 Å². The maximum atomic E-state index is 11.8. The molecule has 0 radical (unpaired) electrons. The molecule has 0 fully saturated rings. The first-order chi connectivity index (χ1) is 7.99. The number of ketones is 2. The first-order valence-corrected chi connectivity index (χ1v) is 4.91. The Kier molecular flexibility index (Phi) is 2.55. The minimum Gasteiger partial charge on any atom is -0.398 e. The topological polar surface area (TPSA) is 102 Å². The van der Waals surface area contributed by atoms with Crippen molar-refractivity contribution in [2.45, 2.75) is 13.3 Å². The van der Waals surface area contributed by atoms with Crippen LogP contribution in [-0.4, -0.2) is 17.6 Å². The second kappa shape index (κ2) is 3.89. The van der Waals surface area contributed by atoms with Crippen molar-refractivity contribution in [3.05, 3.63) is 28.4 Å². The molecule has 1 aliphatic heterocycles. The number of hydrogen-bond acceptors (Lipinski definition) is 4.